The van der Waals surface area contributed by atoms with E-state index in [1.54, 1.807) is 17.0 Å². The molecule has 0 spiro atoms. The molecule has 5 heteroatoms. The van der Waals surface area contributed by atoms with Crippen molar-refractivity contribution < 1.29 is 14.7 Å². The molecule has 0 aromatic heterocycles. The van der Waals surface area contributed by atoms with Crippen LogP contribution in [0.15, 0.2) is 18.2 Å². The fourth-order valence-corrected chi connectivity index (χ4v) is 3.10. The largest absolute Gasteiger partial charge is 0.478 e. The number of likely N-dealkylation sites (tertiary alicyclic amines) is 1. The van der Waals surface area contributed by atoms with Crippen LogP contribution in [-0.2, 0) is 6.42 Å². The van der Waals surface area contributed by atoms with Crippen molar-refractivity contribution in [3.05, 3.63) is 29.3 Å². The first kappa shape index (κ1) is 13.0. The van der Waals surface area contributed by atoms with Gasteiger partial charge in [-0.15, -0.1) is 0 Å². The first-order valence-electron chi connectivity index (χ1n) is 7.10. The summed E-state index contributed by atoms with van der Waals surface area (Å²) in [5.74, 6) is -0.919. The standard InChI is InChI=1S/C15H18N2O3/c18-14(19)12-5-3-7-13-11(12)6-4-10-17(13)15(20)16-8-1-2-9-16/h3,5,7H,1-2,4,6,8-10H2,(H,18,19). The zero-order valence-electron chi connectivity index (χ0n) is 11.3. The fraction of sp³-hybridized carbons (Fsp3) is 0.467. The lowest BCUT2D eigenvalue weighted by Crippen LogP contribution is -2.44. The van der Waals surface area contributed by atoms with Crippen LogP contribution in [0.2, 0.25) is 0 Å². The van der Waals surface area contributed by atoms with E-state index >= 15 is 0 Å². The normalized spacial score (nSPS) is 18.0. The maximum atomic E-state index is 12.5. The van der Waals surface area contributed by atoms with Gasteiger partial charge in [0.2, 0.25) is 0 Å². The number of hydrogen-bond acceptors (Lipinski definition) is 2. The second kappa shape index (κ2) is 5.15. The number of amides is 2. The smallest absolute Gasteiger partial charge is 0.336 e. The van der Waals surface area contributed by atoms with E-state index in [0.29, 0.717) is 12.1 Å². The molecule has 1 aromatic carbocycles. The van der Waals surface area contributed by atoms with E-state index < -0.39 is 5.97 Å². The number of urea groups is 1. The summed E-state index contributed by atoms with van der Waals surface area (Å²) in [6, 6.07) is 5.21. The molecule has 106 valence electrons. The predicted molar refractivity (Wildman–Crippen MR) is 75.3 cm³/mol. The third-order valence-corrected chi connectivity index (χ3v) is 4.09. The number of benzene rings is 1. The molecule has 20 heavy (non-hydrogen) atoms. The van der Waals surface area contributed by atoms with Gasteiger partial charge in [-0.2, -0.15) is 0 Å². The van der Waals surface area contributed by atoms with Crippen LogP contribution in [0.5, 0.6) is 0 Å². The topological polar surface area (TPSA) is 60.9 Å². The lowest BCUT2D eigenvalue weighted by atomic mass is 9.96. The summed E-state index contributed by atoms with van der Waals surface area (Å²) >= 11 is 0. The van der Waals surface area contributed by atoms with E-state index in [9.17, 15) is 14.7 Å². The Labute approximate surface area is 117 Å². The van der Waals surface area contributed by atoms with Crippen molar-refractivity contribution in [3.63, 3.8) is 0 Å². The average molecular weight is 274 g/mol. The Bertz CT molecular complexity index is 550. The molecule has 0 aliphatic carbocycles. The molecular weight excluding hydrogens is 256 g/mol. The van der Waals surface area contributed by atoms with Crippen molar-refractivity contribution in [1.82, 2.24) is 4.90 Å². The van der Waals surface area contributed by atoms with Crippen LogP contribution >= 0.6 is 0 Å². The molecule has 0 atom stereocenters. The van der Waals surface area contributed by atoms with Gasteiger partial charge in [0.05, 0.1) is 5.56 Å². The van der Waals surface area contributed by atoms with E-state index in [-0.39, 0.29) is 6.03 Å². The van der Waals surface area contributed by atoms with Gasteiger partial charge in [0.15, 0.2) is 0 Å². The molecule has 0 radical (unpaired) electrons. The number of rotatable bonds is 1. The molecule has 2 aliphatic heterocycles. The first-order chi connectivity index (χ1) is 9.68. The van der Waals surface area contributed by atoms with Gasteiger partial charge in [-0.05, 0) is 43.4 Å². The van der Waals surface area contributed by atoms with Gasteiger partial charge in [0, 0.05) is 25.3 Å². The average Bonchev–Trinajstić information content (AvgIpc) is 2.99. The quantitative estimate of drug-likeness (QED) is 0.855. The monoisotopic (exact) mass is 274 g/mol. The molecule has 1 fully saturated rings. The van der Waals surface area contributed by atoms with E-state index in [1.165, 1.54) is 0 Å². The maximum Gasteiger partial charge on any atom is 0.336 e. The highest BCUT2D eigenvalue weighted by atomic mass is 16.4. The number of nitrogens with zero attached hydrogens (tertiary/aromatic N) is 2. The molecule has 2 heterocycles. The number of carboxylic acid groups (broad SMARTS) is 1. The molecule has 0 unspecified atom stereocenters. The van der Waals surface area contributed by atoms with Gasteiger partial charge >= 0.3 is 12.0 Å². The molecule has 3 rings (SSSR count). The summed E-state index contributed by atoms with van der Waals surface area (Å²) in [6.45, 7) is 2.29. The zero-order chi connectivity index (χ0) is 14.1. The Morgan fingerprint density at radius 2 is 1.80 bits per heavy atom. The second-order valence-corrected chi connectivity index (χ2v) is 5.34. The van der Waals surface area contributed by atoms with E-state index in [1.807, 2.05) is 11.0 Å². The van der Waals surface area contributed by atoms with E-state index in [0.717, 1.165) is 50.0 Å². The highest BCUT2D eigenvalue weighted by molar-refractivity contribution is 5.97. The third-order valence-electron chi connectivity index (χ3n) is 4.09. The van der Waals surface area contributed by atoms with Crippen LogP contribution in [0.1, 0.15) is 35.2 Å². The molecule has 0 saturated carbocycles. The highest BCUT2D eigenvalue weighted by Crippen LogP contribution is 2.31. The van der Waals surface area contributed by atoms with Gasteiger partial charge < -0.3 is 10.0 Å². The van der Waals surface area contributed by atoms with Crippen LogP contribution in [0.4, 0.5) is 10.5 Å². The Morgan fingerprint density at radius 1 is 1.05 bits per heavy atom. The molecule has 1 N–H and O–H groups in total. The molecule has 5 nitrogen and oxygen atoms in total. The van der Waals surface area contributed by atoms with E-state index in [4.69, 9.17) is 0 Å². The van der Waals surface area contributed by atoms with Gasteiger partial charge in [-0.3, -0.25) is 4.90 Å². The molecular formula is C15H18N2O3. The molecule has 1 aromatic rings. The maximum absolute atomic E-state index is 12.5. The highest BCUT2D eigenvalue weighted by Gasteiger charge is 2.29. The number of hydrogen-bond donors (Lipinski definition) is 1. The Hall–Kier alpha value is -2.04. The number of carbonyl (C=O) groups excluding carboxylic acids is 1. The van der Waals surface area contributed by atoms with Crippen LogP contribution in [0.25, 0.3) is 0 Å². The lowest BCUT2D eigenvalue weighted by molar-refractivity contribution is 0.0695. The molecule has 2 aliphatic rings. The summed E-state index contributed by atoms with van der Waals surface area (Å²) < 4.78 is 0. The summed E-state index contributed by atoms with van der Waals surface area (Å²) in [5, 5.41) is 9.26. The van der Waals surface area contributed by atoms with E-state index in [2.05, 4.69) is 0 Å². The second-order valence-electron chi connectivity index (χ2n) is 5.34. The molecule has 0 bridgehead atoms. The first-order valence-corrected chi connectivity index (χ1v) is 7.10. The minimum Gasteiger partial charge on any atom is -0.478 e. The van der Waals surface area contributed by atoms with Crippen LogP contribution in [0.3, 0.4) is 0 Å². The Kier molecular flexibility index (Phi) is 3.34. The minimum absolute atomic E-state index is 0.0194. The predicted octanol–water partition coefficient (Wildman–Crippen LogP) is 2.35. The number of fused-ring (bicyclic) bond motifs is 1. The van der Waals surface area contributed by atoms with Crippen molar-refractivity contribution in [3.8, 4) is 0 Å². The van der Waals surface area contributed by atoms with Gasteiger partial charge in [-0.1, -0.05) is 6.07 Å². The minimum atomic E-state index is -0.919. The Morgan fingerprint density at radius 3 is 2.50 bits per heavy atom. The van der Waals surface area contributed by atoms with Gasteiger partial charge in [0.25, 0.3) is 0 Å². The zero-order valence-corrected chi connectivity index (χ0v) is 11.3. The van der Waals surface area contributed by atoms with Gasteiger partial charge in [0.1, 0.15) is 0 Å². The van der Waals surface area contributed by atoms with Crippen LogP contribution in [-0.4, -0.2) is 41.6 Å². The Balaban J connectivity index is 1.95. The number of anilines is 1. The lowest BCUT2D eigenvalue weighted by Gasteiger charge is -2.33. The van der Waals surface area contributed by atoms with Crippen LogP contribution < -0.4 is 4.90 Å². The van der Waals surface area contributed by atoms with Crippen molar-refractivity contribution in [2.45, 2.75) is 25.7 Å². The fourth-order valence-electron chi connectivity index (χ4n) is 3.10. The van der Waals surface area contributed by atoms with Crippen LogP contribution in [0, 0.1) is 0 Å². The molecule has 2 amide bonds. The summed E-state index contributed by atoms with van der Waals surface area (Å²) in [6.07, 6.45) is 3.65. The SMILES string of the molecule is O=C(O)c1cccc2c1CCCN2C(=O)N1CCCC1. The van der Waals surface area contributed by atoms with Crippen molar-refractivity contribution in [2.24, 2.45) is 0 Å². The summed E-state index contributed by atoms with van der Waals surface area (Å²) in [4.78, 5) is 27.5. The number of carboxylic acids is 1. The number of aromatic carboxylic acids is 1. The third kappa shape index (κ3) is 2.13. The van der Waals surface area contributed by atoms with Gasteiger partial charge in [-0.25, -0.2) is 9.59 Å². The summed E-state index contributed by atoms with van der Waals surface area (Å²) in [7, 11) is 0. The van der Waals surface area contributed by atoms with Crippen molar-refractivity contribution >= 4 is 17.7 Å². The van der Waals surface area contributed by atoms with Crippen molar-refractivity contribution in [2.75, 3.05) is 24.5 Å². The summed E-state index contributed by atoms with van der Waals surface area (Å²) in [5.41, 5.74) is 1.88. The van der Waals surface area contributed by atoms with Crippen molar-refractivity contribution in [1.29, 1.82) is 0 Å². The number of carbonyl (C=O) groups is 2. The molecule has 1 saturated heterocycles.